The Morgan fingerprint density at radius 1 is 1.23 bits per heavy atom. The number of thioether (sulfide) groups is 1. The van der Waals surface area contributed by atoms with Gasteiger partial charge in [0, 0.05) is 19.4 Å². The summed E-state index contributed by atoms with van der Waals surface area (Å²) in [7, 11) is 2.05. The molecular formula is C18H26N2OS. The number of imidazole rings is 1. The number of para-hydroxylation sites is 2. The van der Waals surface area contributed by atoms with E-state index in [9.17, 15) is 4.79 Å². The van der Waals surface area contributed by atoms with E-state index in [1.165, 1.54) is 0 Å². The number of benzene rings is 1. The second kappa shape index (κ2) is 7.32. The lowest BCUT2D eigenvalue weighted by atomic mass is 10.0. The third kappa shape index (κ3) is 3.92. The van der Waals surface area contributed by atoms with Crippen LogP contribution in [0.4, 0.5) is 0 Å². The first-order valence-corrected chi connectivity index (χ1v) is 9.00. The summed E-state index contributed by atoms with van der Waals surface area (Å²) in [5, 5.41) is 0.134. The minimum atomic E-state index is 0.0804. The molecule has 1 aromatic heterocycles. The predicted molar refractivity (Wildman–Crippen MR) is 95.2 cm³/mol. The Kier molecular flexibility index (Phi) is 5.68. The Hall–Kier alpha value is -1.29. The Labute approximate surface area is 137 Å². The van der Waals surface area contributed by atoms with Gasteiger partial charge in [-0.05, 0) is 23.8 Å². The van der Waals surface area contributed by atoms with Crippen molar-refractivity contribution in [2.75, 3.05) is 5.75 Å². The number of hydrogen-bond donors (Lipinski definition) is 0. The van der Waals surface area contributed by atoms with E-state index < -0.39 is 0 Å². The van der Waals surface area contributed by atoms with Crippen molar-refractivity contribution in [1.29, 1.82) is 0 Å². The van der Waals surface area contributed by atoms with Crippen LogP contribution in [0.3, 0.4) is 0 Å². The zero-order valence-corrected chi connectivity index (χ0v) is 15.0. The highest BCUT2D eigenvalue weighted by atomic mass is 32.2. The Morgan fingerprint density at radius 2 is 1.91 bits per heavy atom. The van der Waals surface area contributed by atoms with Crippen LogP contribution in [0, 0.1) is 11.8 Å². The van der Waals surface area contributed by atoms with Crippen molar-refractivity contribution >= 4 is 28.6 Å². The average molecular weight is 318 g/mol. The van der Waals surface area contributed by atoms with Crippen molar-refractivity contribution < 1.29 is 4.79 Å². The first-order chi connectivity index (χ1) is 10.4. The number of ketones is 1. The highest BCUT2D eigenvalue weighted by Crippen LogP contribution is 2.35. The number of aryl methyl sites for hydroxylation is 1. The second-order valence-corrected chi connectivity index (χ2v) is 7.79. The molecule has 0 bridgehead atoms. The summed E-state index contributed by atoms with van der Waals surface area (Å²) in [5.41, 5.74) is 2.14. The van der Waals surface area contributed by atoms with Crippen LogP contribution in [-0.2, 0) is 11.8 Å². The zero-order valence-electron chi connectivity index (χ0n) is 14.2. The molecule has 2 aromatic rings. The lowest BCUT2D eigenvalue weighted by Gasteiger charge is -2.18. The molecule has 22 heavy (non-hydrogen) atoms. The van der Waals surface area contributed by atoms with Crippen LogP contribution in [0.5, 0.6) is 0 Å². The van der Waals surface area contributed by atoms with Crippen molar-refractivity contribution in [3.05, 3.63) is 30.1 Å². The molecule has 0 N–H and O–H groups in total. The monoisotopic (exact) mass is 318 g/mol. The van der Waals surface area contributed by atoms with Gasteiger partial charge in [0.25, 0.3) is 0 Å². The van der Waals surface area contributed by atoms with E-state index in [0.29, 0.717) is 18.1 Å². The summed E-state index contributed by atoms with van der Waals surface area (Å²) in [5.74, 6) is 3.06. The fourth-order valence-corrected chi connectivity index (χ4v) is 3.66. The van der Waals surface area contributed by atoms with Gasteiger partial charge in [-0.2, -0.15) is 0 Å². The van der Waals surface area contributed by atoms with Crippen LogP contribution in [0.2, 0.25) is 0 Å². The van der Waals surface area contributed by atoms with Gasteiger partial charge in [-0.3, -0.25) is 4.79 Å². The van der Waals surface area contributed by atoms with Gasteiger partial charge in [0.05, 0.1) is 16.3 Å². The molecule has 1 heterocycles. The van der Waals surface area contributed by atoms with E-state index in [4.69, 9.17) is 4.98 Å². The van der Waals surface area contributed by atoms with E-state index in [-0.39, 0.29) is 11.2 Å². The number of carbonyl (C=O) groups is 1. The highest BCUT2D eigenvalue weighted by Gasteiger charge is 2.23. The van der Waals surface area contributed by atoms with E-state index in [1.807, 2.05) is 50.9 Å². The van der Waals surface area contributed by atoms with Gasteiger partial charge in [-0.1, -0.05) is 39.8 Å². The number of rotatable bonds is 7. The zero-order chi connectivity index (χ0) is 16.3. The number of hydrogen-bond acceptors (Lipinski definition) is 3. The van der Waals surface area contributed by atoms with Crippen LogP contribution in [0.1, 0.15) is 45.2 Å². The van der Waals surface area contributed by atoms with E-state index in [2.05, 4.69) is 24.5 Å². The molecule has 3 nitrogen and oxygen atoms in total. The van der Waals surface area contributed by atoms with Gasteiger partial charge >= 0.3 is 0 Å². The molecule has 120 valence electrons. The van der Waals surface area contributed by atoms with Gasteiger partial charge in [0.1, 0.15) is 11.6 Å². The number of fused-ring (bicyclic) bond motifs is 1. The molecule has 4 heteroatoms. The van der Waals surface area contributed by atoms with Crippen LogP contribution in [-0.4, -0.2) is 21.1 Å². The molecule has 1 aromatic carbocycles. The number of aromatic nitrogens is 2. The molecule has 2 rings (SSSR count). The van der Waals surface area contributed by atoms with Crippen molar-refractivity contribution in [3.8, 4) is 0 Å². The second-order valence-electron chi connectivity index (χ2n) is 6.56. The lowest BCUT2D eigenvalue weighted by molar-refractivity contribution is -0.121. The molecule has 0 spiro atoms. The van der Waals surface area contributed by atoms with Crippen molar-refractivity contribution in [1.82, 2.24) is 9.55 Å². The fraction of sp³-hybridized carbons (Fsp3) is 0.556. The molecule has 0 fully saturated rings. The molecule has 1 atom stereocenters. The van der Waals surface area contributed by atoms with E-state index in [1.54, 1.807) is 0 Å². The topological polar surface area (TPSA) is 34.9 Å². The molecular weight excluding hydrogens is 292 g/mol. The molecule has 0 saturated heterocycles. The van der Waals surface area contributed by atoms with Gasteiger partial charge in [-0.25, -0.2) is 4.98 Å². The summed E-state index contributed by atoms with van der Waals surface area (Å²) in [6.45, 7) is 8.37. The quantitative estimate of drug-likeness (QED) is 0.747. The first kappa shape index (κ1) is 17.1. The maximum atomic E-state index is 12.2. The Morgan fingerprint density at radius 3 is 2.50 bits per heavy atom. The van der Waals surface area contributed by atoms with E-state index >= 15 is 0 Å². The molecule has 1 unspecified atom stereocenters. The molecule has 0 aliphatic carbocycles. The minimum Gasteiger partial charge on any atom is -0.330 e. The van der Waals surface area contributed by atoms with E-state index in [0.717, 1.165) is 22.6 Å². The number of carbonyl (C=O) groups excluding carboxylic acids is 1. The lowest BCUT2D eigenvalue weighted by Crippen LogP contribution is -2.14. The third-order valence-electron chi connectivity index (χ3n) is 3.77. The minimum absolute atomic E-state index is 0.0804. The van der Waals surface area contributed by atoms with Gasteiger partial charge in [-0.15, -0.1) is 11.8 Å². The maximum absolute atomic E-state index is 12.2. The van der Waals surface area contributed by atoms with Crippen molar-refractivity contribution in [2.24, 2.45) is 18.9 Å². The van der Waals surface area contributed by atoms with Crippen LogP contribution in [0.15, 0.2) is 24.3 Å². The summed E-state index contributed by atoms with van der Waals surface area (Å²) < 4.78 is 2.14. The fourth-order valence-electron chi connectivity index (χ4n) is 2.40. The number of nitrogens with zero attached hydrogens (tertiary/aromatic N) is 2. The molecule has 0 aliphatic rings. The largest absolute Gasteiger partial charge is 0.330 e. The SMILES string of the molecule is CC(C)CSC(CC(=O)C(C)C)c1nc2ccccc2n1C. The van der Waals surface area contributed by atoms with Gasteiger partial charge < -0.3 is 4.57 Å². The predicted octanol–water partition coefficient (Wildman–Crippen LogP) is 4.62. The summed E-state index contributed by atoms with van der Waals surface area (Å²) in [4.78, 5) is 17.0. The van der Waals surface area contributed by atoms with Crippen LogP contribution >= 0.6 is 11.8 Å². The summed E-state index contributed by atoms with van der Waals surface area (Å²) >= 11 is 1.85. The standard InChI is InChI=1S/C18H26N2OS/c1-12(2)11-22-17(10-16(21)13(3)4)18-19-14-8-6-7-9-15(14)20(18)5/h6-9,12-13,17H,10-11H2,1-5H3. The maximum Gasteiger partial charge on any atom is 0.136 e. The van der Waals surface area contributed by atoms with Gasteiger partial charge in [0.15, 0.2) is 0 Å². The normalized spacial score (nSPS) is 13.2. The number of Topliss-reactive ketones (excluding diaryl/α,β-unsaturated/α-hetero) is 1. The van der Waals surface area contributed by atoms with Crippen LogP contribution < -0.4 is 0 Å². The highest BCUT2D eigenvalue weighted by molar-refractivity contribution is 7.99. The Balaban J connectivity index is 2.32. The molecule has 0 saturated carbocycles. The molecule has 0 amide bonds. The Bertz CT molecular complexity index is 646. The first-order valence-electron chi connectivity index (χ1n) is 7.95. The van der Waals surface area contributed by atoms with Crippen LogP contribution in [0.25, 0.3) is 11.0 Å². The van der Waals surface area contributed by atoms with Gasteiger partial charge in [0.2, 0.25) is 0 Å². The molecule has 0 aliphatic heterocycles. The molecule has 0 radical (unpaired) electrons. The van der Waals surface area contributed by atoms with Crippen molar-refractivity contribution in [3.63, 3.8) is 0 Å². The summed E-state index contributed by atoms with van der Waals surface area (Å²) in [6, 6.07) is 8.16. The smallest absolute Gasteiger partial charge is 0.136 e. The summed E-state index contributed by atoms with van der Waals surface area (Å²) in [6.07, 6.45) is 0.562. The third-order valence-corrected chi connectivity index (χ3v) is 5.41. The van der Waals surface area contributed by atoms with Crippen molar-refractivity contribution in [2.45, 2.75) is 39.4 Å². The average Bonchev–Trinajstić information content (AvgIpc) is 2.80.